The van der Waals surface area contributed by atoms with E-state index in [9.17, 15) is 4.79 Å². The third-order valence-corrected chi connectivity index (χ3v) is 3.08. The van der Waals surface area contributed by atoms with E-state index in [0.29, 0.717) is 17.2 Å². The first-order valence-corrected chi connectivity index (χ1v) is 6.02. The molecule has 7 nitrogen and oxygen atoms in total. The lowest BCUT2D eigenvalue weighted by atomic mass is 10.1. The second-order valence-corrected chi connectivity index (χ2v) is 4.65. The smallest absolute Gasteiger partial charge is 0.251 e. The number of hydrogen-bond acceptors (Lipinski definition) is 5. The van der Waals surface area contributed by atoms with Crippen molar-refractivity contribution in [2.24, 2.45) is 7.05 Å². The average Bonchev–Trinajstić information content (AvgIpc) is 2.76. The first-order valence-electron chi connectivity index (χ1n) is 5.64. The Bertz CT molecular complexity index is 667. The number of anilines is 2. The molecule has 3 rings (SSSR count). The summed E-state index contributed by atoms with van der Waals surface area (Å²) in [6.07, 6.45) is 3.41. The Labute approximate surface area is 114 Å². The van der Waals surface area contributed by atoms with E-state index in [2.05, 4.69) is 25.7 Å². The third kappa shape index (κ3) is 2.01. The summed E-state index contributed by atoms with van der Waals surface area (Å²) >= 11 is 5.82. The Balaban J connectivity index is 2.02. The number of hydrogen-bond donors (Lipinski definition) is 2. The number of halogens is 1. The average molecular weight is 279 g/mol. The maximum atomic E-state index is 12.1. The summed E-state index contributed by atoms with van der Waals surface area (Å²) in [7, 11) is 1.79. The van der Waals surface area contributed by atoms with Gasteiger partial charge >= 0.3 is 0 Å². The number of carbonyl (C=O) groups excluding carboxylic acids is 1. The van der Waals surface area contributed by atoms with Crippen LogP contribution in [0.25, 0.3) is 0 Å². The van der Waals surface area contributed by atoms with E-state index in [0.717, 1.165) is 5.56 Å². The molecule has 1 aliphatic rings. The minimum Gasteiger partial charge on any atom is -0.353 e. The monoisotopic (exact) mass is 278 g/mol. The Morgan fingerprint density at radius 1 is 1.42 bits per heavy atom. The number of nitrogens with zero attached hydrogens (tertiary/aromatic N) is 4. The van der Waals surface area contributed by atoms with E-state index in [1.165, 1.54) is 0 Å². The molecule has 1 atom stereocenters. The second kappa shape index (κ2) is 4.20. The molecule has 98 valence electrons. The van der Waals surface area contributed by atoms with Gasteiger partial charge < -0.3 is 10.6 Å². The molecule has 2 N–H and O–H groups in total. The van der Waals surface area contributed by atoms with Gasteiger partial charge in [0, 0.05) is 18.8 Å². The highest BCUT2D eigenvalue weighted by atomic mass is 35.5. The summed E-state index contributed by atoms with van der Waals surface area (Å²) in [4.78, 5) is 20.2. The molecule has 19 heavy (non-hydrogen) atoms. The van der Waals surface area contributed by atoms with Crippen molar-refractivity contribution < 1.29 is 4.79 Å². The van der Waals surface area contributed by atoms with E-state index in [-0.39, 0.29) is 11.2 Å². The maximum Gasteiger partial charge on any atom is 0.251 e. The third-order valence-electron chi connectivity index (χ3n) is 2.91. The summed E-state index contributed by atoms with van der Waals surface area (Å²) in [6, 6.07) is -0.536. The second-order valence-electron chi connectivity index (χ2n) is 4.32. The van der Waals surface area contributed by atoms with E-state index in [1.54, 1.807) is 31.0 Å². The number of aromatic nitrogens is 4. The van der Waals surface area contributed by atoms with E-state index in [1.807, 2.05) is 0 Å². The first kappa shape index (κ1) is 11.9. The summed E-state index contributed by atoms with van der Waals surface area (Å²) in [6.45, 7) is 1.76. The normalized spacial score (nSPS) is 17.6. The fourth-order valence-corrected chi connectivity index (χ4v) is 2.23. The van der Waals surface area contributed by atoms with Crippen molar-refractivity contribution in [3.05, 3.63) is 28.9 Å². The fraction of sp³-hybridized carbons (Fsp3) is 0.273. The molecular weight excluding hydrogens is 268 g/mol. The number of fused-ring (bicyclic) bond motifs is 1. The van der Waals surface area contributed by atoms with Crippen molar-refractivity contribution in [2.75, 3.05) is 10.6 Å². The van der Waals surface area contributed by atoms with Crippen molar-refractivity contribution in [2.45, 2.75) is 13.0 Å². The zero-order valence-electron chi connectivity index (χ0n) is 10.3. The molecule has 0 aromatic carbocycles. The lowest BCUT2D eigenvalue weighted by Gasteiger charge is -2.25. The quantitative estimate of drug-likeness (QED) is 0.768. The van der Waals surface area contributed by atoms with Crippen LogP contribution in [0.5, 0.6) is 0 Å². The SMILES string of the molecule is Cc1nc(Cl)nc2c1NC(=O)C(c1cnn(C)c1)N2. The minimum atomic E-state index is -0.536. The van der Waals surface area contributed by atoms with Crippen LogP contribution in [0.15, 0.2) is 12.4 Å². The Hall–Kier alpha value is -2.15. The molecule has 3 heterocycles. The largest absolute Gasteiger partial charge is 0.353 e. The predicted molar refractivity (Wildman–Crippen MR) is 70.0 cm³/mol. The zero-order chi connectivity index (χ0) is 13.6. The minimum absolute atomic E-state index is 0.143. The van der Waals surface area contributed by atoms with Crippen LogP contribution < -0.4 is 10.6 Å². The van der Waals surface area contributed by atoms with Crippen LogP contribution in [0.4, 0.5) is 11.5 Å². The molecule has 0 spiro atoms. The zero-order valence-corrected chi connectivity index (χ0v) is 11.1. The molecule has 2 aromatic rings. The molecule has 0 radical (unpaired) electrons. The standard InChI is InChI=1S/C11H11ClN6O/c1-5-7-9(17-11(12)14-5)15-8(10(19)16-7)6-3-13-18(2)4-6/h3-4,8H,1-2H3,(H,16,19)(H,14,15,17). The van der Waals surface area contributed by atoms with Gasteiger partial charge in [0.1, 0.15) is 11.7 Å². The van der Waals surface area contributed by atoms with E-state index < -0.39 is 6.04 Å². The van der Waals surface area contributed by atoms with Gasteiger partial charge in [0.2, 0.25) is 5.28 Å². The molecule has 1 amide bonds. The summed E-state index contributed by atoms with van der Waals surface area (Å²) < 4.78 is 1.64. The maximum absolute atomic E-state index is 12.1. The Kier molecular flexibility index (Phi) is 2.63. The van der Waals surface area contributed by atoms with Gasteiger partial charge in [-0.1, -0.05) is 0 Å². The fourth-order valence-electron chi connectivity index (χ4n) is 2.01. The van der Waals surface area contributed by atoms with Gasteiger partial charge in [-0.25, -0.2) is 4.98 Å². The van der Waals surface area contributed by atoms with Crippen LogP contribution in [0.1, 0.15) is 17.3 Å². The molecule has 0 aliphatic carbocycles. The van der Waals surface area contributed by atoms with Gasteiger partial charge in [-0.2, -0.15) is 10.1 Å². The number of nitrogens with one attached hydrogen (secondary N) is 2. The lowest BCUT2D eigenvalue weighted by Crippen LogP contribution is -2.33. The molecule has 2 aromatic heterocycles. The van der Waals surface area contributed by atoms with Gasteiger partial charge in [0.25, 0.3) is 5.91 Å². The van der Waals surface area contributed by atoms with Gasteiger partial charge in [-0.15, -0.1) is 0 Å². The van der Waals surface area contributed by atoms with Crippen LogP contribution in [-0.4, -0.2) is 25.7 Å². The molecule has 8 heteroatoms. The number of carbonyl (C=O) groups is 1. The van der Waals surface area contributed by atoms with Crippen molar-refractivity contribution in [1.82, 2.24) is 19.7 Å². The van der Waals surface area contributed by atoms with Crippen LogP contribution in [0.2, 0.25) is 5.28 Å². The highest BCUT2D eigenvalue weighted by Gasteiger charge is 2.30. The first-order chi connectivity index (χ1) is 9.04. The van der Waals surface area contributed by atoms with Crippen molar-refractivity contribution in [3.63, 3.8) is 0 Å². The number of amides is 1. The van der Waals surface area contributed by atoms with E-state index in [4.69, 9.17) is 11.6 Å². The van der Waals surface area contributed by atoms with Gasteiger partial charge in [0.05, 0.1) is 11.9 Å². The van der Waals surface area contributed by atoms with Crippen molar-refractivity contribution in [3.8, 4) is 0 Å². The lowest BCUT2D eigenvalue weighted by molar-refractivity contribution is -0.117. The molecule has 0 saturated carbocycles. The van der Waals surface area contributed by atoms with Crippen LogP contribution in [0.3, 0.4) is 0 Å². The molecule has 0 bridgehead atoms. The number of rotatable bonds is 1. The highest BCUT2D eigenvalue weighted by Crippen LogP contribution is 2.33. The van der Waals surface area contributed by atoms with Gasteiger partial charge in [-0.3, -0.25) is 9.48 Å². The van der Waals surface area contributed by atoms with Crippen molar-refractivity contribution in [1.29, 1.82) is 0 Å². The summed E-state index contributed by atoms with van der Waals surface area (Å²) in [5.41, 5.74) is 1.95. The summed E-state index contributed by atoms with van der Waals surface area (Å²) in [5, 5.41) is 10.0. The Morgan fingerprint density at radius 3 is 2.89 bits per heavy atom. The number of aryl methyl sites for hydroxylation is 2. The van der Waals surface area contributed by atoms with Gasteiger partial charge in [-0.05, 0) is 18.5 Å². The van der Waals surface area contributed by atoms with E-state index >= 15 is 0 Å². The van der Waals surface area contributed by atoms with Gasteiger partial charge in [0.15, 0.2) is 5.82 Å². The molecule has 0 saturated heterocycles. The van der Waals surface area contributed by atoms with Crippen molar-refractivity contribution >= 4 is 29.0 Å². The topological polar surface area (TPSA) is 84.7 Å². The molecule has 1 unspecified atom stereocenters. The summed E-state index contributed by atoms with van der Waals surface area (Å²) in [5.74, 6) is 0.348. The molecular formula is C11H11ClN6O. The van der Waals surface area contributed by atoms with Crippen LogP contribution in [-0.2, 0) is 11.8 Å². The Morgan fingerprint density at radius 2 is 2.21 bits per heavy atom. The highest BCUT2D eigenvalue weighted by molar-refractivity contribution is 6.28. The predicted octanol–water partition coefficient (Wildman–Crippen LogP) is 1.28. The van der Waals surface area contributed by atoms with Crippen LogP contribution >= 0.6 is 11.6 Å². The molecule has 0 fully saturated rings. The van der Waals surface area contributed by atoms with Crippen LogP contribution in [0, 0.1) is 6.92 Å². The molecule has 1 aliphatic heterocycles.